The predicted molar refractivity (Wildman–Crippen MR) is 103 cm³/mol. The molecule has 0 atom stereocenters. The van der Waals surface area contributed by atoms with Gasteiger partial charge in [-0.2, -0.15) is 0 Å². The first kappa shape index (κ1) is 22.1. The van der Waals surface area contributed by atoms with Gasteiger partial charge in [0.2, 0.25) is 5.91 Å². The van der Waals surface area contributed by atoms with Crippen molar-refractivity contribution in [1.82, 2.24) is 10.6 Å². The lowest BCUT2D eigenvalue weighted by molar-refractivity contribution is -0.121. The smallest absolute Gasteiger partial charge is 0.408 e. The maximum Gasteiger partial charge on any atom is 0.408 e. The second-order valence-electron chi connectivity index (χ2n) is 8.44. The number of benzene rings is 1. The Bertz CT molecular complexity index is 675. The quantitative estimate of drug-likeness (QED) is 0.756. The molecule has 2 N–H and O–H groups in total. The van der Waals surface area contributed by atoms with Crippen molar-refractivity contribution < 1.29 is 23.1 Å². The van der Waals surface area contributed by atoms with Gasteiger partial charge in [0, 0.05) is 18.5 Å². The maximum atomic E-state index is 13.7. The summed E-state index contributed by atoms with van der Waals surface area (Å²) >= 11 is 0. The molecule has 0 radical (unpaired) electrons. The Morgan fingerprint density at radius 1 is 1.11 bits per heavy atom. The van der Waals surface area contributed by atoms with Gasteiger partial charge in [0.1, 0.15) is 17.2 Å². The molecule has 0 heterocycles. The number of alkyl carbamates (subject to hydrolysis) is 1. The summed E-state index contributed by atoms with van der Waals surface area (Å²) in [7, 11) is 0. The first-order valence-electron chi connectivity index (χ1n) is 9.81. The maximum absolute atomic E-state index is 13.7. The Morgan fingerprint density at radius 2 is 1.71 bits per heavy atom. The van der Waals surface area contributed by atoms with E-state index in [2.05, 4.69) is 10.6 Å². The van der Waals surface area contributed by atoms with Gasteiger partial charge in [-0.15, -0.1) is 0 Å². The van der Waals surface area contributed by atoms with E-state index in [0.717, 1.165) is 32.1 Å². The number of hydrogen-bond acceptors (Lipinski definition) is 3. The van der Waals surface area contributed by atoms with E-state index < -0.39 is 28.9 Å². The van der Waals surface area contributed by atoms with Gasteiger partial charge in [0.25, 0.3) is 0 Å². The van der Waals surface area contributed by atoms with Crippen LogP contribution in [0.3, 0.4) is 0 Å². The van der Waals surface area contributed by atoms with Gasteiger partial charge in [-0.25, -0.2) is 13.6 Å². The monoisotopic (exact) mass is 396 g/mol. The predicted octanol–water partition coefficient (Wildman–Crippen LogP) is 4.24. The molecule has 7 heteroatoms. The molecule has 1 saturated carbocycles. The molecule has 28 heavy (non-hydrogen) atoms. The summed E-state index contributed by atoms with van der Waals surface area (Å²) in [5, 5.41) is 5.76. The van der Waals surface area contributed by atoms with E-state index in [0.29, 0.717) is 0 Å². The van der Waals surface area contributed by atoms with E-state index in [9.17, 15) is 18.4 Å². The molecule has 156 valence electrons. The van der Waals surface area contributed by atoms with Gasteiger partial charge in [-0.05, 0) is 52.2 Å². The Labute approximate surface area is 165 Å². The molecule has 1 aliphatic rings. The van der Waals surface area contributed by atoms with Crippen LogP contribution in [0.5, 0.6) is 0 Å². The first-order valence-corrected chi connectivity index (χ1v) is 9.81. The molecule has 0 aliphatic heterocycles. The zero-order chi connectivity index (χ0) is 20.8. The van der Waals surface area contributed by atoms with Crippen LogP contribution in [0.15, 0.2) is 18.2 Å². The van der Waals surface area contributed by atoms with Crippen molar-refractivity contribution in [2.75, 3.05) is 6.54 Å². The van der Waals surface area contributed by atoms with E-state index in [4.69, 9.17) is 4.74 Å². The fraction of sp³-hybridized carbons (Fsp3) is 0.619. The molecule has 0 spiro atoms. The highest BCUT2D eigenvalue weighted by Crippen LogP contribution is 2.28. The van der Waals surface area contributed by atoms with Crippen LogP contribution in [-0.2, 0) is 16.0 Å². The number of rotatable bonds is 6. The molecule has 0 aromatic heterocycles. The SMILES string of the molecule is CC(C)(C)OC(=O)NC1(CNC(=O)CCc2c(F)cccc2F)CCCCC1. The third kappa shape index (κ3) is 6.77. The molecule has 1 aliphatic carbocycles. The van der Waals surface area contributed by atoms with Crippen molar-refractivity contribution in [3.63, 3.8) is 0 Å². The van der Waals surface area contributed by atoms with Crippen molar-refractivity contribution in [1.29, 1.82) is 0 Å². The minimum absolute atomic E-state index is 0.0170. The highest BCUT2D eigenvalue weighted by Gasteiger charge is 2.35. The fourth-order valence-corrected chi connectivity index (χ4v) is 3.46. The lowest BCUT2D eigenvalue weighted by Crippen LogP contribution is -2.57. The molecule has 0 unspecified atom stereocenters. The number of nitrogens with one attached hydrogen (secondary N) is 2. The first-order chi connectivity index (χ1) is 13.1. The fourth-order valence-electron chi connectivity index (χ4n) is 3.46. The summed E-state index contributed by atoms with van der Waals surface area (Å²) in [6.07, 6.45) is 3.92. The number of halogens is 2. The lowest BCUT2D eigenvalue weighted by atomic mass is 9.81. The topological polar surface area (TPSA) is 67.4 Å². The van der Waals surface area contributed by atoms with Crippen LogP contribution in [-0.4, -0.2) is 29.7 Å². The van der Waals surface area contributed by atoms with Crippen molar-refractivity contribution >= 4 is 12.0 Å². The zero-order valence-electron chi connectivity index (χ0n) is 16.9. The van der Waals surface area contributed by atoms with Gasteiger partial charge in [0.05, 0.1) is 5.54 Å². The van der Waals surface area contributed by atoms with Crippen LogP contribution < -0.4 is 10.6 Å². The Balaban J connectivity index is 1.92. The average Bonchev–Trinajstić information content (AvgIpc) is 2.58. The van der Waals surface area contributed by atoms with E-state index in [1.807, 2.05) is 0 Å². The molecule has 2 amide bonds. The number of ether oxygens (including phenoxy) is 1. The summed E-state index contributed by atoms with van der Waals surface area (Å²) in [5.74, 6) is -1.61. The Hall–Kier alpha value is -2.18. The minimum atomic E-state index is -0.650. The van der Waals surface area contributed by atoms with E-state index in [1.165, 1.54) is 18.2 Å². The van der Waals surface area contributed by atoms with Crippen LogP contribution in [0.4, 0.5) is 13.6 Å². The summed E-state index contributed by atoms with van der Waals surface area (Å²) < 4.78 is 32.7. The molecule has 1 aromatic carbocycles. The number of carbonyl (C=O) groups is 2. The van der Waals surface area contributed by atoms with Crippen molar-refractivity contribution in [3.05, 3.63) is 35.4 Å². The third-order valence-corrected chi connectivity index (χ3v) is 4.86. The van der Waals surface area contributed by atoms with Crippen LogP contribution in [0.1, 0.15) is 64.9 Å². The number of amides is 2. The molecule has 0 bridgehead atoms. The molecule has 2 rings (SSSR count). The molecular weight excluding hydrogens is 366 g/mol. The summed E-state index contributed by atoms with van der Waals surface area (Å²) in [5.41, 5.74) is -1.25. The Morgan fingerprint density at radius 3 is 2.29 bits per heavy atom. The summed E-state index contributed by atoms with van der Waals surface area (Å²) in [4.78, 5) is 24.5. The van der Waals surface area contributed by atoms with Gasteiger partial charge in [-0.3, -0.25) is 4.79 Å². The lowest BCUT2D eigenvalue weighted by Gasteiger charge is -2.38. The van der Waals surface area contributed by atoms with E-state index >= 15 is 0 Å². The molecule has 0 saturated heterocycles. The third-order valence-electron chi connectivity index (χ3n) is 4.86. The minimum Gasteiger partial charge on any atom is -0.444 e. The van der Waals surface area contributed by atoms with Gasteiger partial charge in [-0.1, -0.05) is 25.3 Å². The van der Waals surface area contributed by atoms with Crippen LogP contribution >= 0.6 is 0 Å². The van der Waals surface area contributed by atoms with E-state index in [-0.39, 0.29) is 30.9 Å². The van der Waals surface area contributed by atoms with Crippen LogP contribution in [0.2, 0.25) is 0 Å². The van der Waals surface area contributed by atoms with Crippen LogP contribution in [0.25, 0.3) is 0 Å². The van der Waals surface area contributed by atoms with Crippen LogP contribution in [0, 0.1) is 11.6 Å². The number of carbonyl (C=O) groups excluding carboxylic acids is 2. The van der Waals surface area contributed by atoms with Crippen molar-refractivity contribution in [2.24, 2.45) is 0 Å². The van der Waals surface area contributed by atoms with Gasteiger partial charge in [0.15, 0.2) is 0 Å². The molecule has 5 nitrogen and oxygen atoms in total. The second kappa shape index (κ2) is 9.34. The summed E-state index contributed by atoms with van der Waals surface area (Å²) in [6, 6.07) is 3.65. The zero-order valence-corrected chi connectivity index (χ0v) is 16.9. The van der Waals surface area contributed by atoms with Gasteiger partial charge < -0.3 is 15.4 Å². The molecule has 1 fully saturated rings. The highest BCUT2D eigenvalue weighted by molar-refractivity contribution is 5.76. The molecule has 1 aromatic rings. The largest absolute Gasteiger partial charge is 0.444 e. The highest BCUT2D eigenvalue weighted by atomic mass is 19.1. The normalized spacial score (nSPS) is 16.3. The van der Waals surface area contributed by atoms with E-state index in [1.54, 1.807) is 20.8 Å². The average molecular weight is 396 g/mol. The second-order valence-corrected chi connectivity index (χ2v) is 8.44. The molecular formula is C21H30F2N2O3. The van der Waals surface area contributed by atoms with Gasteiger partial charge >= 0.3 is 6.09 Å². The number of hydrogen-bond donors (Lipinski definition) is 2. The summed E-state index contributed by atoms with van der Waals surface area (Å²) in [6.45, 7) is 5.65. The van der Waals surface area contributed by atoms with Crippen molar-refractivity contribution in [2.45, 2.75) is 76.9 Å². The van der Waals surface area contributed by atoms with Crippen molar-refractivity contribution in [3.8, 4) is 0 Å². The Kier molecular flexibility index (Phi) is 7.38. The standard InChI is InChI=1S/C21H30F2N2O3/c1-20(2,3)28-19(27)25-21(12-5-4-6-13-21)14-24-18(26)11-10-15-16(22)8-7-9-17(15)23/h7-9H,4-6,10-14H2,1-3H3,(H,24,26)(H,25,27).